The zero-order chi connectivity index (χ0) is 26.4. The van der Waals surface area contributed by atoms with E-state index in [1.807, 2.05) is 13.8 Å². The molecule has 9 heteroatoms. The molecule has 3 atom stereocenters. The number of nitrogens with zero attached hydrogens (tertiary/aromatic N) is 2. The van der Waals surface area contributed by atoms with Crippen molar-refractivity contribution in [1.29, 1.82) is 0 Å². The summed E-state index contributed by atoms with van der Waals surface area (Å²) in [5, 5.41) is 2.84. The number of amides is 3. The standard InChI is InChI=1S/C27H35N3O6/c1-17-14-30(19(3)31)18(2)16-36-24-12-11-20(13-22(24)27(33)29(4)15-25(17)35-6)28-26(32)21-9-7-8-10-23(21)34-5/h7-13,17-18,25H,14-16H2,1-6H3,(H,28,32)/t17-,18+,25-/m1/s1. The van der Waals surface area contributed by atoms with Gasteiger partial charge in [0, 0.05) is 45.8 Å². The van der Waals surface area contributed by atoms with Gasteiger partial charge in [-0.3, -0.25) is 14.4 Å². The number of para-hydroxylation sites is 1. The predicted octanol–water partition coefficient (Wildman–Crippen LogP) is 3.30. The highest BCUT2D eigenvalue weighted by atomic mass is 16.5. The van der Waals surface area contributed by atoms with Gasteiger partial charge >= 0.3 is 0 Å². The summed E-state index contributed by atoms with van der Waals surface area (Å²) in [6, 6.07) is 11.6. The van der Waals surface area contributed by atoms with Crippen LogP contribution in [0.15, 0.2) is 42.5 Å². The molecule has 2 aromatic rings. The first-order chi connectivity index (χ1) is 17.2. The molecule has 9 nitrogen and oxygen atoms in total. The number of carbonyl (C=O) groups is 3. The van der Waals surface area contributed by atoms with Gasteiger partial charge in [-0.2, -0.15) is 0 Å². The van der Waals surface area contributed by atoms with Gasteiger partial charge in [-0.15, -0.1) is 0 Å². The third-order valence-corrected chi connectivity index (χ3v) is 6.46. The van der Waals surface area contributed by atoms with Gasteiger partial charge in [0.05, 0.1) is 30.4 Å². The molecule has 0 fully saturated rings. The van der Waals surface area contributed by atoms with Gasteiger partial charge in [0.2, 0.25) is 5.91 Å². The highest BCUT2D eigenvalue weighted by molar-refractivity contribution is 6.07. The third kappa shape index (κ3) is 6.15. The molecule has 0 radical (unpaired) electrons. The Morgan fingerprint density at radius 3 is 2.47 bits per heavy atom. The largest absolute Gasteiger partial charge is 0.496 e. The van der Waals surface area contributed by atoms with E-state index in [1.54, 1.807) is 66.4 Å². The molecule has 0 saturated carbocycles. The second-order valence-corrected chi connectivity index (χ2v) is 9.13. The van der Waals surface area contributed by atoms with Crippen molar-refractivity contribution in [3.05, 3.63) is 53.6 Å². The summed E-state index contributed by atoms with van der Waals surface area (Å²) in [5.41, 5.74) is 1.12. The van der Waals surface area contributed by atoms with E-state index < -0.39 is 0 Å². The van der Waals surface area contributed by atoms with Crippen LogP contribution in [0.1, 0.15) is 41.5 Å². The maximum atomic E-state index is 13.5. The van der Waals surface area contributed by atoms with Crippen molar-refractivity contribution in [2.24, 2.45) is 5.92 Å². The van der Waals surface area contributed by atoms with Crippen molar-refractivity contribution < 1.29 is 28.6 Å². The van der Waals surface area contributed by atoms with Crippen LogP contribution >= 0.6 is 0 Å². The van der Waals surface area contributed by atoms with Crippen LogP contribution in [0.3, 0.4) is 0 Å². The van der Waals surface area contributed by atoms with Crippen LogP contribution in [0, 0.1) is 5.92 Å². The van der Waals surface area contributed by atoms with E-state index in [0.29, 0.717) is 41.4 Å². The number of carbonyl (C=O) groups excluding carboxylic acids is 3. The van der Waals surface area contributed by atoms with Crippen LogP contribution in [0.5, 0.6) is 11.5 Å². The summed E-state index contributed by atoms with van der Waals surface area (Å²) in [7, 11) is 4.81. The smallest absolute Gasteiger partial charge is 0.259 e. The number of rotatable bonds is 4. The number of hydrogen-bond acceptors (Lipinski definition) is 6. The summed E-state index contributed by atoms with van der Waals surface area (Å²) < 4.78 is 17.0. The van der Waals surface area contributed by atoms with E-state index in [9.17, 15) is 14.4 Å². The van der Waals surface area contributed by atoms with Crippen LogP contribution in [-0.4, -0.2) is 80.6 Å². The van der Waals surface area contributed by atoms with E-state index in [-0.39, 0.29) is 42.4 Å². The first-order valence-electron chi connectivity index (χ1n) is 11.9. The first-order valence-corrected chi connectivity index (χ1v) is 11.9. The Kier molecular flexibility index (Phi) is 8.93. The fourth-order valence-corrected chi connectivity index (χ4v) is 4.32. The number of hydrogen-bond donors (Lipinski definition) is 1. The quantitative estimate of drug-likeness (QED) is 0.696. The molecular weight excluding hydrogens is 462 g/mol. The number of likely N-dealkylation sites (N-methyl/N-ethyl adjacent to an activating group) is 1. The van der Waals surface area contributed by atoms with Crippen LogP contribution < -0.4 is 14.8 Å². The minimum absolute atomic E-state index is 0.0121. The molecule has 1 aliphatic rings. The number of ether oxygens (including phenoxy) is 3. The number of anilines is 1. The van der Waals surface area contributed by atoms with Gasteiger partial charge in [0.25, 0.3) is 11.8 Å². The number of nitrogens with one attached hydrogen (secondary N) is 1. The van der Waals surface area contributed by atoms with E-state index >= 15 is 0 Å². The summed E-state index contributed by atoms with van der Waals surface area (Å²) in [5.74, 6) is 0.140. The van der Waals surface area contributed by atoms with E-state index in [4.69, 9.17) is 14.2 Å². The third-order valence-electron chi connectivity index (χ3n) is 6.46. The molecule has 0 unspecified atom stereocenters. The van der Waals surface area contributed by atoms with Gasteiger partial charge in [-0.1, -0.05) is 19.1 Å². The molecule has 0 saturated heterocycles. The lowest BCUT2D eigenvalue weighted by molar-refractivity contribution is -0.133. The maximum Gasteiger partial charge on any atom is 0.259 e. The first kappa shape index (κ1) is 27.0. The lowest BCUT2D eigenvalue weighted by Crippen LogP contribution is -2.48. The Morgan fingerprint density at radius 2 is 1.81 bits per heavy atom. The Bertz CT molecular complexity index is 1100. The van der Waals surface area contributed by atoms with E-state index in [1.165, 1.54) is 14.0 Å². The van der Waals surface area contributed by atoms with Crippen LogP contribution in [0.4, 0.5) is 5.69 Å². The summed E-state index contributed by atoms with van der Waals surface area (Å²) >= 11 is 0. The molecule has 36 heavy (non-hydrogen) atoms. The molecule has 1 heterocycles. The fourth-order valence-electron chi connectivity index (χ4n) is 4.32. The number of fused-ring (bicyclic) bond motifs is 1. The van der Waals surface area contributed by atoms with E-state index in [0.717, 1.165) is 0 Å². The molecule has 0 bridgehead atoms. The normalized spacial score (nSPS) is 20.9. The summed E-state index contributed by atoms with van der Waals surface area (Å²) in [6.45, 7) is 6.48. The average Bonchev–Trinajstić information content (AvgIpc) is 2.87. The van der Waals surface area contributed by atoms with Gasteiger partial charge in [-0.25, -0.2) is 0 Å². The van der Waals surface area contributed by atoms with Gasteiger partial charge in [0.15, 0.2) is 0 Å². The highest BCUT2D eigenvalue weighted by Crippen LogP contribution is 2.27. The zero-order valence-corrected chi connectivity index (χ0v) is 21.7. The van der Waals surface area contributed by atoms with Crippen molar-refractivity contribution in [2.75, 3.05) is 46.3 Å². The SMILES string of the molecule is COc1ccccc1C(=O)Nc1ccc2c(c1)C(=O)N(C)C[C@@H](OC)[C@H](C)CN(C(C)=O)[C@@H](C)CO2. The molecule has 0 aliphatic carbocycles. The average molecular weight is 498 g/mol. The van der Waals surface area contributed by atoms with Crippen LogP contribution in [0.25, 0.3) is 0 Å². The minimum atomic E-state index is -0.360. The van der Waals surface area contributed by atoms with Gasteiger partial charge in [-0.05, 0) is 37.3 Å². The molecular formula is C27H35N3O6. The number of methoxy groups -OCH3 is 2. The number of benzene rings is 2. The predicted molar refractivity (Wildman–Crippen MR) is 137 cm³/mol. The van der Waals surface area contributed by atoms with Crippen molar-refractivity contribution >= 4 is 23.4 Å². The van der Waals surface area contributed by atoms with Crippen molar-refractivity contribution in [2.45, 2.75) is 32.9 Å². The molecule has 3 amide bonds. The molecule has 3 rings (SSSR count). The lowest BCUT2D eigenvalue weighted by atomic mass is 10.0. The zero-order valence-electron chi connectivity index (χ0n) is 21.7. The van der Waals surface area contributed by atoms with Crippen LogP contribution in [0.2, 0.25) is 0 Å². The molecule has 1 aliphatic heterocycles. The molecule has 194 valence electrons. The van der Waals surface area contributed by atoms with Gasteiger partial charge in [0.1, 0.15) is 18.1 Å². The maximum absolute atomic E-state index is 13.5. The Hall–Kier alpha value is -3.59. The van der Waals surface area contributed by atoms with Crippen molar-refractivity contribution in [1.82, 2.24) is 9.80 Å². The summed E-state index contributed by atoms with van der Waals surface area (Å²) in [6.07, 6.45) is -0.273. The van der Waals surface area contributed by atoms with Gasteiger partial charge < -0.3 is 29.3 Å². The Morgan fingerprint density at radius 1 is 1.08 bits per heavy atom. The molecule has 0 spiro atoms. The monoisotopic (exact) mass is 497 g/mol. The Labute approximate surface area is 212 Å². The van der Waals surface area contributed by atoms with Crippen molar-refractivity contribution in [3.8, 4) is 11.5 Å². The highest BCUT2D eigenvalue weighted by Gasteiger charge is 2.29. The second-order valence-electron chi connectivity index (χ2n) is 9.13. The fraction of sp³-hybridized carbons (Fsp3) is 0.444. The minimum Gasteiger partial charge on any atom is -0.496 e. The summed E-state index contributed by atoms with van der Waals surface area (Å²) in [4.78, 5) is 42.1. The van der Waals surface area contributed by atoms with Crippen molar-refractivity contribution in [3.63, 3.8) is 0 Å². The van der Waals surface area contributed by atoms with Crippen LogP contribution in [-0.2, 0) is 9.53 Å². The lowest BCUT2D eigenvalue weighted by Gasteiger charge is -2.35. The second kappa shape index (κ2) is 11.9. The topological polar surface area (TPSA) is 97.4 Å². The van der Waals surface area contributed by atoms with E-state index in [2.05, 4.69) is 5.32 Å². The molecule has 1 N–H and O–H groups in total. The Balaban J connectivity index is 1.95. The molecule has 0 aromatic heterocycles. The molecule has 2 aromatic carbocycles.